The van der Waals surface area contributed by atoms with Gasteiger partial charge in [0, 0.05) is 0 Å². The minimum atomic E-state index is 1.02. The van der Waals surface area contributed by atoms with Crippen LogP contribution in [0, 0.1) is 5.92 Å². The molecule has 0 radical (unpaired) electrons. The van der Waals surface area contributed by atoms with Gasteiger partial charge in [-0.15, -0.1) is 9.24 Å². The van der Waals surface area contributed by atoms with Crippen molar-refractivity contribution >= 4 is 9.24 Å². The maximum absolute atomic E-state index is 2.82. The number of likely N-dealkylation sites (tertiary alicyclic amines) is 1. The normalized spacial score (nSPS) is 23.4. The Morgan fingerprint density at radius 2 is 2.00 bits per heavy atom. The molecular formula is C8H18NP. The van der Waals surface area contributed by atoms with Gasteiger partial charge in [-0.3, -0.25) is 0 Å². The first kappa shape index (κ1) is 8.49. The molecule has 0 amide bonds. The summed E-state index contributed by atoms with van der Waals surface area (Å²) in [5.74, 6) is 1.02. The summed E-state index contributed by atoms with van der Waals surface area (Å²) in [5, 5.41) is 0. The van der Waals surface area contributed by atoms with E-state index in [0.717, 1.165) is 5.92 Å². The highest BCUT2D eigenvalue weighted by molar-refractivity contribution is 7.16. The Kier molecular flexibility index (Phi) is 3.65. The van der Waals surface area contributed by atoms with Crippen molar-refractivity contribution < 1.29 is 0 Å². The number of hydrogen-bond acceptors (Lipinski definition) is 1. The first-order chi connectivity index (χ1) is 4.83. The molecular weight excluding hydrogens is 141 g/mol. The number of hydrogen-bond donors (Lipinski definition) is 0. The fourth-order valence-electron chi connectivity index (χ4n) is 1.59. The van der Waals surface area contributed by atoms with Crippen LogP contribution in [0.25, 0.3) is 0 Å². The van der Waals surface area contributed by atoms with Gasteiger partial charge in [0.2, 0.25) is 0 Å². The highest BCUT2D eigenvalue weighted by Crippen LogP contribution is 2.19. The first-order valence-electron chi connectivity index (χ1n) is 4.21. The Morgan fingerprint density at radius 3 is 2.50 bits per heavy atom. The molecule has 1 heterocycles. The predicted molar refractivity (Wildman–Crippen MR) is 49.4 cm³/mol. The molecule has 1 fully saturated rings. The molecule has 1 rings (SSSR count). The van der Waals surface area contributed by atoms with Gasteiger partial charge in [0.15, 0.2) is 0 Å². The molecule has 1 aliphatic rings. The van der Waals surface area contributed by atoms with Crippen LogP contribution in [0.1, 0.15) is 19.3 Å². The molecule has 0 aliphatic carbocycles. The lowest BCUT2D eigenvalue weighted by Crippen LogP contribution is -2.30. The summed E-state index contributed by atoms with van der Waals surface area (Å²) in [6.45, 7) is 2.63. The van der Waals surface area contributed by atoms with E-state index in [1.54, 1.807) is 0 Å². The summed E-state index contributed by atoms with van der Waals surface area (Å²) in [6, 6.07) is 0. The molecule has 0 aromatic carbocycles. The van der Waals surface area contributed by atoms with Crippen LogP contribution in [0.2, 0.25) is 0 Å². The standard InChI is InChI=1S/C8H18NP/c1-9-5-2-8(3-6-9)4-7-10/h8H,2-7,10H2,1H3. The van der Waals surface area contributed by atoms with Crippen molar-refractivity contribution in [1.29, 1.82) is 0 Å². The summed E-state index contributed by atoms with van der Waals surface area (Å²) in [4.78, 5) is 2.43. The molecule has 0 aromatic heterocycles. The first-order valence-corrected chi connectivity index (χ1v) is 5.03. The lowest BCUT2D eigenvalue weighted by atomic mass is 9.95. The molecule has 1 saturated heterocycles. The summed E-state index contributed by atoms with van der Waals surface area (Å²) in [5.41, 5.74) is 0. The summed E-state index contributed by atoms with van der Waals surface area (Å²) >= 11 is 0. The maximum atomic E-state index is 2.82. The maximum Gasteiger partial charge on any atom is -0.00191 e. The SMILES string of the molecule is CN1CCC(CCP)CC1. The highest BCUT2D eigenvalue weighted by Gasteiger charge is 2.14. The van der Waals surface area contributed by atoms with Gasteiger partial charge in [-0.2, -0.15) is 0 Å². The zero-order chi connectivity index (χ0) is 7.40. The van der Waals surface area contributed by atoms with E-state index in [2.05, 4.69) is 21.2 Å². The average molecular weight is 159 g/mol. The largest absolute Gasteiger partial charge is 0.306 e. The lowest BCUT2D eigenvalue weighted by molar-refractivity contribution is 0.217. The van der Waals surface area contributed by atoms with Crippen molar-refractivity contribution in [2.24, 2.45) is 5.92 Å². The molecule has 1 atom stereocenters. The molecule has 1 aliphatic heterocycles. The smallest absolute Gasteiger partial charge is 0.00191 e. The van der Waals surface area contributed by atoms with Crippen molar-refractivity contribution in [3.05, 3.63) is 0 Å². The van der Waals surface area contributed by atoms with Crippen molar-refractivity contribution in [2.45, 2.75) is 19.3 Å². The fourth-order valence-corrected chi connectivity index (χ4v) is 2.06. The molecule has 2 heteroatoms. The van der Waals surface area contributed by atoms with E-state index in [9.17, 15) is 0 Å². The van der Waals surface area contributed by atoms with Crippen molar-refractivity contribution in [3.63, 3.8) is 0 Å². The van der Waals surface area contributed by atoms with Crippen LogP contribution in [0.3, 0.4) is 0 Å². The Bertz CT molecular complexity index is 87.3. The average Bonchev–Trinajstić information content (AvgIpc) is 1.95. The van der Waals surface area contributed by atoms with Crippen LogP contribution in [0.4, 0.5) is 0 Å². The molecule has 0 bridgehead atoms. The van der Waals surface area contributed by atoms with Gasteiger partial charge in [0.25, 0.3) is 0 Å². The van der Waals surface area contributed by atoms with E-state index in [1.165, 1.54) is 38.5 Å². The summed E-state index contributed by atoms with van der Waals surface area (Å²) < 4.78 is 0. The molecule has 1 nitrogen and oxygen atoms in total. The molecule has 10 heavy (non-hydrogen) atoms. The topological polar surface area (TPSA) is 3.24 Å². The number of rotatable bonds is 2. The second-order valence-corrected chi connectivity index (χ2v) is 3.90. The zero-order valence-electron chi connectivity index (χ0n) is 6.84. The van der Waals surface area contributed by atoms with E-state index in [4.69, 9.17) is 0 Å². The van der Waals surface area contributed by atoms with Gasteiger partial charge in [0.1, 0.15) is 0 Å². The second kappa shape index (κ2) is 4.31. The minimum absolute atomic E-state index is 1.02. The number of nitrogens with zero attached hydrogens (tertiary/aromatic N) is 1. The zero-order valence-corrected chi connectivity index (χ0v) is 8.00. The third-order valence-corrected chi connectivity index (χ3v) is 2.75. The molecule has 0 spiro atoms. The van der Waals surface area contributed by atoms with Gasteiger partial charge in [-0.05, 0) is 51.5 Å². The van der Waals surface area contributed by atoms with E-state index in [-0.39, 0.29) is 0 Å². The Morgan fingerprint density at radius 1 is 1.40 bits per heavy atom. The monoisotopic (exact) mass is 159 g/mol. The van der Waals surface area contributed by atoms with Gasteiger partial charge < -0.3 is 4.90 Å². The molecule has 0 aromatic rings. The third kappa shape index (κ3) is 2.56. The van der Waals surface area contributed by atoms with Crippen LogP contribution in [-0.4, -0.2) is 31.2 Å². The van der Waals surface area contributed by atoms with Gasteiger partial charge >= 0.3 is 0 Å². The van der Waals surface area contributed by atoms with Gasteiger partial charge in [-0.1, -0.05) is 0 Å². The van der Waals surface area contributed by atoms with E-state index in [0.29, 0.717) is 0 Å². The lowest BCUT2D eigenvalue weighted by Gasteiger charge is -2.28. The molecule has 1 unspecified atom stereocenters. The van der Waals surface area contributed by atoms with E-state index >= 15 is 0 Å². The van der Waals surface area contributed by atoms with Crippen molar-refractivity contribution in [3.8, 4) is 0 Å². The fraction of sp³-hybridized carbons (Fsp3) is 1.00. The van der Waals surface area contributed by atoms with Crippen molar-refractivity contribution in [1.82, 2.24) is 4.90 Å². The van der Waals surface area contributed by atoms with Gasteiger partial charge in [0.05, 0.1) is 0 Å². The van der Waals surface area contributed by atoms with Crippen LogP contribution in [-0.2, 0) is 0 Å². The predicted octanol–water partition coefficient (Wildman–Crippen LogP) is 1.59. The number of piperidine rings is 1. The van der Waals surface area contributed by atoms with Gasteiger partial charge in [-0.25, -0.2) is 0 Å². The van der Waals surface area contributed by atoms with E-state index in [1.807, 2.05) is 0 Å². The van der Waals surface area contributed by atoms with Crippen LogP contribution in [0.15, 0.2) is 0 Å². The highest BCUT2D eigenvalue weighted by atomic mass is 31.0. The van der Waals surface area contributed by atoms with Crippen LogP contribution >= 0.6 is 9.24 Å². The second-order valence-electron chi connectivity index (χ2n) is 3.32. The quantitative estimate of drug-likeness (QED) is 0.553. The van der Waals surface area contributed by atoms with Crippen molar-refractivity contribution in [2.75, 3.05) is 26.3 Å². The summed E-state index contributed by atoms with van der Waals surface area (Å²) in [6.07, 6.45) is 5.54. The molecule has 0 saturated carbocycles. The third-order valence-electron chi connectivity index (χ3n) is 2.41. The Labute approximate surface area is 66.4 Å². The van der Waals surface area contributed by atoms with Crippen LogP contribution < -0.4 is 0 Å². The minimum Gasteiger partial charge on any atom is -0.306 e. The molecule has 0 N–H and O–H groups in total. The Balaban J connectivity index is 2.13. The summed E-state index contributed by atoms with van der Waals surface area (Å²) in [7, 11) is 5.04. The molecule has 60 valence electrons. The van der Waals surface area contributed by atoms with E-state index < -0.39 is 0 Å². The van der Waals surface area contributed by atoms with Crippen LogP contribution in [0.5, 0.6) is 0 Å². The Hall–Kier alpha value is 0.390.